The molecule has 92 valence electrons. The van der Waals surface area contributed by atoms with E-state index < -0.39 is 0 Å². The highest BCUT2D eigenvalue weighted by Gasteiger charge is 2.08. The topological polar surface area (TPSA) is 50.9 Å². The van der Waals surface area contributed by atoms with E-state index in [4.69, 9.17) is 18.0 Å². The lowest BCUT2D eigenvalue weighted by molar-refractivity contribution is 1.29. The molecule has 0 amide bonds. The van der Waals surface area contributed by atoms with E-state index in [1.165, 1.54) is 0 Å². The fraction of sp³-hybridized carbons (Fsp3) is 0.0769. The lowest BCUT2D eigenvalue weighted by atomic mass is 10.2. The first-order valence-corrected chi connectivity index (χ1v) is 6.56. The van der Waals surface area contributed by atoms with E-state index in [1.807, 2.05) is 37.3 Å². The first-order chi connectivity index (χ1) is 8.59. The molecular weight excluding hydrogens is 310 g/mol. The van der Waals surface area contributed by atoms with Crippen LogP contribution >= 0.6 is 28.1 Å². The number of benzene rings is 1. The fourth-order valence-corrected chi connectivity index (χ4v) is 2.10. The van der Waals surface area contributed by atoms with E-state index in [1.54, 1.807) is 6.20 Å². The molecule has 0 atom stereocenters. The van der Waals surface area contributed by atoms with Crippen LogP contribution in [0.1, 0.15) is 11.1 Å². The Bertz CT molecular complexity index is 599. The molecule has 1 aromatic carbocycles. The molecule has 5 heteroatoms. The van der Waals surface area contributed by atoms with E-state index in [0.717, 1.165) is 21.3 Å². The first kappa shape index (κ1) is 13.0. The van der Waals surface area contributed by atoms with E-state index >= 15 is 0 Å². The molecule has 0 unspecified atom stereocenters. The predicted molar refractivity (Wildman–Crippen MR) is 82.3 cm³/mol. The van der Waals surface area contributed by atoms with Crippen molar-refractivity contribution in [3.8, 4) is 0 Å². The Labute approximate surface area is 120 Å². The van der Waals surface area contributed by atoms with E-state index in [0.29, 0.717) is 10.8 Å². The van der Waals surface area contributed by atoms with Crippen molar-refractivity contribution in [2.24, 2.45) is 5.73 Å². The van der Waals surface area contributed by atoms with E-state index in [2.05, 4.69) is 26.2 Å². The Balaban J connectivity index is 2.40. The van der Waals surface area contributed by atoms with Gasteiger partial charge >= 0.3 is 0 Å². The smallest absolute Gasteiger partial charge is 0.140 e. The van der Waals surface area contributed by atoms with Gasteiger partial charge in [-0.05, 0) is 46.6 Å². The van der Waals surface area contributed by atoms with Crippen molar-refractivity contribution in [1.82, 2.24) is 4.98 Å². The Morgan fingerprint density at radius 2 is 2.11 bits per heavy atom. The second kappa shape index (κ2) is 5.46. The van der Waals surface area contributed by atoms with Crippen molar-refractivity contribution in [2.45, 2.75) is 6.92 Å². The molecule has 0 aliphatic rings. The van der Waals surface area contributed by atoms with Crippen LogP contribution in [0.2, 0.25) is 0 Å². The number of aryl methyl sites for hydroxylation is 1. The molecule has 0 saturated carbocycles. The van der Waals surface area contributed by atoms with E-state index in [9.17, 15) is 0 Å². The van der Waals surface area contributed by atoms with Crippen LogP contribution in [0.15, 0.2) is 41.0 Å². The number of hydrogen-bond acceptors (Lipinski definition) is 3. The van der Waals surface area contributed by atoms with Crippen LogP contribution in [0.4, 0.5) is 11.5 Å². The van der Waals surface area contributed by atoms with Gasteiger partial charge in [0.1, 0.15) is 10.8 Å². The second-order valence-corrected chi connectivity index (χ2v) is 5.06. The number of nitrogens with zero attached hydrogens (tertiary/aromatic N) is 1. The Morgan fingerprint density at radius 3 is 2.83 bits per heavy atom. The lowest BCUT2D eigenvalue weighted by Gasteiger charge is -2.12. The van der Waals surface area contributed by atoms with Crippen LogP contribution in [-0.4, -0.2) is 9.97 Å². The number of hydrogen-bond donors (Lipinski definition) is 2. The molecule has 0 spiro atoms. The molecular formula is C13H12BrN3S. The van der Waals surface area contributed by atoms with Gasteiger partial charge in [-0.1, -0.05) is 24.4 Å². The van der Waals surface area contributed by atoms with Crippen molar-refractivity contribution in [2.75, 3.05) is 5.32 Å². The molecule has 2 rings (SSSR count). The van der Waals surface area contributed by atoms with Gasteiger partial charge in [-0.2, -0.15) is 0 Å². The summed E-state index contributed by atoms with van der Waals surface area (Å²) in [5.41, 5.74) is 8.50. The zero-order valence-electron chi connectivity index (χ0n) is 9.77. The SMILES string of the molecule is Cc1cccc(Nc2ncccc2C(N)=S)c1Br. The first-order valence-electron chi connectivity index (χ1n) is 5.36. The molecule has 0 saturated heterocycles. The number of aromatic nitrogens is 1. The molecule has 0 aliphatic heterocycles. The quantitative estimate of drug-likeness (QED) is 0.849. The third-order valence-electron chi connectivity index (χ3n) is 2.52. The van der Waals surface area contributed by atoms with Crippen LogP contribution in [0.5, 0.6) is 0 Å². The summed E-state index contributed by atoms with van der Waals surface area (Å²) in [6, 6.07) is 9.63. The van der Waals surface area contributed by atoms with Gasteiger partial charge in [-0.15, -0.1) is 0 Å². The highest BCUT2D eigenvalue weighted by molar-refractivity contribution is 9.10. The molecule has 0 bridgehead atoms. The number of pyridine rings is 1. The van der Waals surface area contributed by atoms with Crippen LogP contribution in [0.3, 0.4) is 0 Å². The summed E-state index contributed by atoms with van der Waals surface area (Å²) in [5.74, 6) is 0.663. The standard InChI is InChI=1S/C13H12BrN3S/c1-8-4-2-6-10(11(8)14)17-13-9(12(15)18)5-3-7-16-13/h2-7H,1H3,(H2,15,18)(H,16,17). The molecule has 1 heterocycles. The largest absolute Gasteiger partial charge is 0.389 e. The number of thiocarbonyl (C=S) groups is 1. The number of halogens is 1. The van der Waals surface area contributed by atoms with Gasteiger partial charge in [0, 0.05) is 10.7 Å². The third-order valence-corrected chi connectivity index (χ3v) is 3.79. The minimum absolute atomic E-state index is 0.328. The molecule has 3 N–H and O–H groups in total. The van der Waals surface area contributed by atoms with Crippen molar-refractivity contribution < 1.29 is 0 Å². The number of nitrogens with two attached hydrogens (primary N) is 1. The summed E-state index contributed by atoms with van der Waals surface area (Å²) in [5, 5.41) is 3.24. The molecule has 0 fully saturated rings. The van der Waals surface area contributed by atoms with Gasteiger partial charge in [-0.3, -0.25) is 0 Å². The summed E-state index contributed by atoms with van der Waals surface area (Å²) in [6.07, 6.45) is 1.70. The average Bonchev–Trinajstić information content (AvgIpc) is 2.35. The van der Waals surface area contributed by atoms with Crippen molar-refractivity contribution >= 4 is 44.6 Å². The maximum Gasteiger partial charge on any atom is 0.140 e. The number of rotatable bonds is 3. The maximum atomic E-state index is 5.68. The summed E-state index contributed by atoms with van der Waals surface area (Å²) in [7, 11) is 0. The monoisotopic (exact) mass is 321 g/mol. The summed E-state index contributed by atoms with van der Waals surface area (Å²) in [6.45, 7) is 2.03. The Kier molecular flexibility index (Phi) is 3.93. The molecule has 3 nitrogen and oxygen atoms in total. The fourth-order valence-electron chi connectivity index (χ4n) is 1.58. The van der Waals surface area contributed by atoms with Crippen LogP contribution in [0.25, 0.3) is 0 Å². The van der Waals surface area contributed by atoms with E-state index in [-0.39, 0.29) is 0 Å². The van der Waals surface area contributed by atoms with Gasteiger partial charge in [0.25, 0.3) is 0 Å². The summed E-state index contributed by atoms with van der Waals surface area (Å²) < 4.78 is 1.00. The Morgan fingerprint density at radius 1 is 1.33 bits per heavy atom. The second-order valence-electron chi connectivity index (χ2n) is 3.83. The van der Waals surface area contributed by atoms with Crippen molar-refractivity contribution in [1.29, 1.82) is 0 Å². The normalized spacial score (nSPS) is 10.1. The van der Waals surface area contributed by atoms with Gasteiger partial charge < -0.3 is 11.1 Å². The zero-order valence-corrected chi connectivity index (χ0v) is 12.2. The third kappa shape index (κ3) is 2.68. The average molecular weight is 322 g/mol. The molecule has 1 aromatic heterocycles. The van der Waals surface area contributed by atoms with Gasteiger partial charge in [0.15, 0.2) is 0 Å². The highest BCUT2D eigenvalue weighted by Crippen LogP contribution is 2.28. The number of anilines is 2. The molecule has 2 aromatic rings. The van der Waals surface area contributed by atoms with Crippen LogP contribution in [0, 0.1) is 6.92 Å². The molecule has 18 heavy (non-hydrogen) atoms. The number of nitrogens with one attached hydrogen (secondary N) is 1. The minimum atomic E-state index is 0.328. The maximum absolute atomic E-state index is 5.68. The van der Waals surface area contributed by atoms with Gasteiger partial charge in [0.2, 0.25) is 0 Å². The van der Waals surface area contributed by atoms with Crippen molar-refractivity contribution in [3.63, 3.8) is 0 Å². The zero-order chi connectivity index (χ0) is 13.1. The summed E-state index contributed by atoms with van der Waals surface area (Å²) >= 11 is 8.56. The van der Waals surface area contributed by atoms with Crippen LogP contribution < -0.4 is 11.1 Å². The van der Waals surface area contributed by atoms with Gasteiger partial charge in [-0.25, -0.2) is 4.98 Å². The highest BCUT2D eigenvalue weighted by atomic mass is 79.9. The minimum Gasteiger partial charge on any atom is -0.389 e. The summed E-state index contributed by atoms with van der Waals surface area (Å²) in [4.78, 5) is 4.59. The Hall–Kier alpha value is -1.46. The lowest BCUT2D eigenvalue weighted by Crippen LogP contribution is -2.12. The predicted octanol–water partition coefficient (Wildman–Crippen LogP) is 3.53. The van der Waals surface area contributed by atoms with Crippen molar-refractivity contribution in [3.05, 3.63) is 52.1 Å². The van der Waals surface area contributed by atoms with Crippen LogP contribution in [-0.2, 0) is 0 Å². The molecule has 0 aliphatic carbocycles. The molecule has 0 radical (unpaired) electrons. The van der Waals surface area contributed by atoms with Gasteiger partial charge in [0.05, 0.1) is 11.3 Å².